The summed E-state index contributed by atoms with van der Waals surface area (Å²) < 4.78 is 9.84. The Hall–Kier alpha value is -2.53. The molecular formula is C21H24ClNO4. The molecule has 0 amide bonds. The molecule has 1 aromatic rings. The highest BCUT2D eigenvalue weighted by atomic mass is 35.5. The molecule has 1 aliphatic heterocycles. The summed E-state index contributed by atoms with van der Waals surface area (Å²) in [6, 6.07) is 7.83. The molecule has 0 saturated carbocycles. The Balaban J connectivity index is 2.57. The van der Waals surface area contributed by atoms with Crippen molar-refractivity contribution < 1.29 is 19.1 Å². The molecule has 0 atom stereocenters. The fourth-order valence-corrected chi connectivity index (χ4v) is 3.37. The van der Waals surface area contributed by atoms with E-state index in [1.54, 1.807) is 19.9 Å². The van der Waals surface area contributed by atoms with E-state index in [9.17, 15) is 9.59 Å². The molecule has 0 bridgehead atoms. The van der Waals surface area contributed by atoms with Crippen LogP contribution in [0.1, 0.15) is 31.9 Å². The van der Waals surface area contributed by atoms with Crippen LogP contribution < -0.4 is 5.32 Å². The van der Waals surface area contributed by atoms with Gasteiger partial charge in [0.25, 0.3) is 0 Å². The maximum absolute atomic E-state index is 12.4. The van der Waals surface area contributed by atoms with Gasteiger partial charge in [0.2, 0.25) is 0 Å². The molecule has 144 valence electrons. The first-order chi connectivity index (χ1) is 12.8. The molecule has 0 aromatic heterocycles. The fraction of sp³-hybridized carbons (Fsp3) is 0.333. The first kappa shape index (κ1) is 20.8. The number of carbonyl (C=O) groups is 2. The maximum atomic E-state index is 12.4. The highest BCUT2D eigenvalue weighted by Gasteiger charge is 2.35. The smallest absolute Gasteiger partial charge is 0.336 e. The van der Waals surface area contributed by atoms with Crippen molar-refractivity contribution in [2.45, 2.75) is 27.2 Å². The Morgan fingerprint density at radius 1 is 1.04 bits per heavy atom. The average molecular weight is 390 g/mol. The number of allylic oxidation sites excluding steroid dienone is 3. The van der Waals surface area contributed by atoms with Crippen molar-refractivity contribution in [1.82, 2.24) is 5.32 Å². The first-order valence-electron chi connectivity index (χ1n) is 8.65. The molecular weight excluding hydrogens is 366 g/mol. The highest BCUT2D eigenvalue weighted by Crippen LogP contribution is 2.35. The van der Waals surface area contributed by atoms with Crippen LogP contribution in [0.5, 0.6) is 0 Å². The van der Waals surface area contributed by atoms with Gasteiger partial charge in [-0.25, -0.2) is 9.59 Å². The molecule has 6 heteroatoms. The molecule has 0 aliphatic carbocycles. The van der Waals surface area contributed by atoms with E-state index in [4.69, 9.17) is 21.1 Å². The Morgan fingerprint density at radius 3 is 1.93 bits per heavy atom. The van der Waals surface area contributed by atoms with Crippen LogP contribution in [0.2, 0.25) is 0 Å². The van der Waals surface area contributed by atoms with E-state index >= 15 is 0 Å². The van der Waals surface area contributed by atoms with Crippen molar-refractivity contribution in [3.63, 3.8) is 0 Å². The number of dihydropyridines is 1. The van der Waals surface area contributed by atoms with Gasteiger partial charge in [0.05, 0.1) is 25.4 Å². The van der Waals surface area contributed by atoms with Gasteiger partial charge in [-0.15, -0.1) is 0 Å². The zero-order valence-electron chi connectivity index (χ0n) is 16.2. The lowest BCUT2D eigenvalue weighted by Crippen LogP contribution is -2.32. The minimum absolute atomic E-state index is 0.326. The number of benzene rings is 1. The molecule has 0 saturated heterocycles. The summed E-state index contributed by atoms with van der Waals surface area (Å²) >= 11 is 6.55. The fourth-order valence-electron chi connectivity index (χ4n) is 3.12. The second-order valence-corrected chi connectivity index (χ2v) is 6.64. The second kappa shape index (κ2) is 8.91. The van der Waals surface area contributed by atoms with Crippen molar-refractivity contribution in [1.29, 1.82) is 0 Å². The van der Waals surface area contributed by atoms with Gasteiger partial charge < -0.3 is 14.8 Å². The van der Waals surface area contributed by atoms with E-state index < -0.39 is 17.9 Å². The van der Waals surface area contributed by atoms with Crippen LogP contribution in [0.25, 0.3) is 5.03 Å². The van der Waals surface area contributed by atoms with E-state index in [0.29, 0.717) is 27.6 Å². The number of nitrogens with one attached hydrogen (secondary N) is 1. The normalized spacial score (nSPS) is 15.6. The third kappa shape index (κ3) is 4.42. The monoisotopic (exact) mass is 389 g/mol. The molecule has 0 radical (unpaired) electrons. The van der Waals surface area contributed by atoms with Crippen LogP contribution in [0.15, 0.2) is 52.9 Å². The number of halogens is 1. The zero-order chi connectivity index (χ0) is 20.1. The largest absolute Gasteiger partial charge is 0.466 e. The van der Waals surface area contributed by atoms with Gasteiger partial charge in [-0.2, -0.15) is 0 Å². The van der Waals surface area contributed by atoms with Gasteiger partial charge >= 0.3 is 11.9 Å². The second-order valence-electron chi connectivity index (χ2n) is 6.23. The maximum Gasteiger partial charge on any atom is 0.336 e. The number of methoxy groups -OCH3 is 2. The summed E-state index contributed by atoms with van der Waals surface area (Å²) in [5.41, 5.74) is 3.87. The third-order valence-corrected chi connectivity index (χ3v) is 4.91. The predicted octanol–water partition coefficient (Wildman–Crippen LogP) is 3.94. The Kier molecular flexibility index (Phi) is 6.86. The lowest BCUT2D eigenvalue weighted by Gasteiger charge is -2.28. The standard InChI is InChI=1S/C21H24ClNO4/c1-6-14-7-9-15(10-8-14)17(22)11-16-18(20(24)26-4)12(2)23-13(3)19(16)21(25)27-5/h7-11,16,23H,6H2,1-5H3/b17-11+. The van der Waals surface area contributed by atoms with E-state index in [-0.39, 0.29) is 0 Å². The molecule has 1 N–H and O–H groups in total. The SMILES string of the molecule is CCc1ccc(/C(Cl)=C\C2C(C(=O)OC)=C(C)NC(C)=C2C(=O)OC)cc1. The molecule has 2 rings (SSSR count). The van der Waals surface area contributed by atoms with Gasteiger partial charge in [0.1, 0.15) is 0 Å². The first-order valence-corrected chi connectivity index (χ1v) is 9.03. The number of carbonyl (C=O) groups excluding carboxylic acids is 2. The average Bonchev–Trinajstić information content (AvgIpc) is 2.66. The van der Waals surface area contributed by atoms with E-state index in [2.05, 4.69) is 12.2 Å². The summed E-state index contributed by atoms with van der Waals surface area (Å²) in [6.45, 7) is 5.59. The minimum atomic E-state index is -0.676. The summed E-state index contributed by atoms with van der Waals surface area (Å²) in [4.78, 5) is 24.8. The van der Waals surface area contributed by atoms with Gasteiger partial charge in [-0.3, -0.25) is 0 Å². The Bertz CT molecular complexity index is 796. The van der Waals surface area contributed by atoms with Crippen LogP contribution in [0.4, 0.5) is 0 Å². The third-order valence-electron chi connectivity index (χ3n) is 4.57. The minimum Gasteiger partial charge on any atom is -0.466 e. The van der Waals surface area contributed by atoms with E-state index in [1.807, 2.05) is 24.3 Å². The van der Waals surface area contributed by atoms with Crippen LogP contribution in [-0.2, 0) is 25.5 Å². The van der Waals surface area contributed by atoms with Gasteiger partial charge in [0, 0.05) is 22.3 Å². The van der Waals surface area contributed by atoms with Crippen molar-refractivity contribution >= 4 is 28.6 Å². The van der Waals surface area contributed by atoms with E-state index in [0.717, 1.165) is 12.0 Å². The number of aryl methyl sites for hydroxylation is 1. The van der Waals surface area contributed by atoms with Crippen molar-refractivity contribution in [2.24, 2.45) is 5.92 Å². The number of esters is 2. The van der Waals surface area contributed by atoms with Gasteiger partial charge in [-0.1, -0.05) is 48.9 Å². The van der Waals surface area contributed by atoms with Crippen LogP contribution >= 0.6 is 11.6 Å². The number of hydrogen-bond donors (Lipinski definition) is 1. The molecule has 5 nitrogen and oxygen atoms in total. The van der Waals surface area contributed by atoms with Crippen LogP contribution in [0.3, 0.4) is 0 Å². The predicted molar refractivity (Wildman–Crippen MR) is 106 cm³/mol. The molecule has 1 aromatic carbocycles. The lowest BCUT2D eigenvalue weighted by molar-refractivity contribution is -0.137. The number of rotatable bonds is 5. The molecule has 1 heterocycles. The quantitative estimate of drug-likeness (QED) is 0.772. The summed E-state index contributed by atoms with van der Waals surface area (Å²) in [5, 5.41) is 3.49. The van der Waals surface area contributed by atoms with Crippen molar-refractivity contribution in [3.8, 4) is 0 Å². The van der Waals surface area contributed by atoms with Crippen molar-refractivity contribution in [2.75, 3.05) is 14.2 Å². The van der Waals surface area contributed by atoms with E-state index in [1.165, 1.54) is 19.8 Å². The Morgan fingerprint density at radius 2 is 1.52 bits per heavy atom. The summed E-state index contributed by atoms with van der Waals surface area (Å²) in [7, 11) is 2.61. The van der Waals surface area contributed by atoms with Gasteiger partial charge in [0.15, 0.2) is 0 Å². The highest BCUT2D eigenvalue weighted by molar-refractivity contribution is 6.48. The topological polar surface area (TPSA) is 64.6 Å². The van der Waals surface area contributed by atoms with Crippen molar-refractivity contribution in [3.05, 3.63) is 64.0 Å². The number of hydrogen-bond acceptors (Lipinski definition) is 5. The van der Waals surface area contributed by atoms with Crippen LogP contribution in [-0.4, -0.2) is 26.2 Å². The molecule has 1 aliphatic rings. The zero-order valence-corrected chi connectivity index (χ0v) is 16.9. The molecule has 27 heavy (non-hydrogen) atoms. The lowest BCUT2D eigenvalue weighted by atomic mass is 9.84. The Labute approximate surface area is 164 Å². The molecule has 0 fully saturated rings. The summed E-state index contributed by atoms with van der Waals surface area (Å²) in [5.74, 6) is -1.73. The molecule has 0 unspecified atom stereocenters. The number of ether oxygens (including phenoxy) is 2. The van der Waals surface area contributed by atoms with Crippen LogP contribution in [0, 0.1) is 5.92 Å². The molecule has 0 spiro atoms. The summed E-state index contributed by atoms with van der Waals surface area (Å²) in [6.07, 6.45) is 2.62. The van der Waals surface area contributed by atoms with Gasteiger partial charge in [-0.05, 0) is 31.4 Å².